The van der Waals surface area contributed by atoms with Crippen LogP contribution in [0.15, 0.2) is 41.8 Å². The Kier molecular flexibility index (Phi) is 3.21. The second-order valence-electron chi connectivity index (χ2n) is 4.00. The fourth-order valence-corrected chi connectivity index (χ4v) is 2.79. The van der Waals surface area contributed by atoms with Gasteiger partial charge in [-0.15, -0.1) is 11.3 Å². The summed E-state index contributed by atoms with van der Waals surface area (Å²) < 4.78 is 2.22. The molecule has 3 rings (SSSR count). The first-order chi connectivity index (χ1) is 9.66. The van der Waals surface area contributed by atoms with E-state index in [9.17, 15) is 9.90 Å². The van der Waals surface area contributed by atoms with Crippen LogP contribution in [0.5, 0.6) is 0 Å². The third-order valence-corrected chi connectivity index (χ3v) is 3.91. The van der Waals surface area contributed by atoms with Gasteiger partial charge in [0.1, 0.15) is 0 Å². The van der Waals surface area contributed by atoms with E-state index < -0.39 is 5.97 Å². The molecule has 0 unspecified atom stereocenters. The van der Waals surface area contributed by atoms with Crippen molar-refractivity contribution in [1.29, 1.82) is 0 Å². The van der Waals surface area contributed by atoms with E-state index in [1.807, 2.05) is 17.5 Å². The first-order valence-corrected chi connectivity index (χ1v) is 6.98. The van der Waals surface area contributed by atoms with Crippen LogP contribution in [-0.4, -0.2) is 20.7 Å². The van der Waals surface area contributed by atoms with Crippen molar-refractivity contribution in [1.82, 2.24) is 14.8 Å². The molecule has 2 heterocycles. The second kappa shape index (κ2) is 5.03. The zero-order valence-corrected chi connectivity index (χ0v) is 11.7. The van der Waals surface area contributed by atoms with Gasteiger partial charge >= 0.3 is 0 Å². The Balaban J connectivity index is 2.13. The number of carboxylic acids is 1. The third kappa shape index (κ3) is 2.17. The third-order valence-electron chi connectivity index (χ3n) is 2.78. The molecule has 0 aliphatic rings. The van der Waals surface area contributed by atoms with Crippen LogP contribution < -0.4 is 5.11 Å². The van der Waals surface area contributed by atoms with Crippen LogP contribution in [0.4, 0.5) is 0 Å². The van der Waals surface area contributed by atoms with Crippen LogP contribution in [0.25, 0.3) is 16.4 Å². The Labute approximate surface area is 123 Å². The van der Waals surface area contributed by atoms with Gasteiger partial charge in [0.15, 0.2) is 10.6 Å². The standard InChI is InChI=1S/C13H9N3O2S2/c17-12(18)8-3-5-9(6-4-8)16-11(14-15-13(16)19)10-2-1-7-20-10/h1-7H,(H,15,19)(H,17,18)/p-1. The number of H-pyrrole nitrogens is 1. The molecule has 20 heavy (non-hydrogen) atoms. The van der Waals surface area contributed by atoms with Gasteiger partial charge in [-0.25, -0.2) is 0 Å². The molecule has 3 aromatic rings. The van der Waals surface area contributed by atoms with Crippen molar-refractivity contribution in [3.63, 3.8) is 0 Å². The van der Waals surface area contributed by atoms with Gasteiger partial charge < -0.3 is 9.90 Å². The van der Waals surface area contributed by atoms with Gasteiger partial charge in [0.05, 0.1) is 16.5 Å². The smallest absolute Gasteiger partial charge is 0.200 e. The maximum absolute atomic E-state index is 10.8. The molecular weight excluding hydrogens is 294 g/mol. The lowest BCUT2D eigenvalue weighted by molar-refractivity contribution is -0.255. The lowest BCUT2D eigenvalue weighted by atomic mass is 10.2. The number of nitrogens with one attached hydrogen (secondary N) is 1. The summed E-state index contributed by atoms with van der Waals surface area (Å²) in [7, 11) is 0. The monoisotopic (exact) mass is 302 g/mol. The normalized spacial score (nSPS) is 10.6. The van der Waals surface area contributed by atoms with Gasteiger partial charge in [0.2, 0.25) is 0 Å². The molecule has 0 aliphatic carbocycles. The molecule has 7 heteroatoms. The number of hydrogen-bond acceptors (Lipinski definition) is 5. The largest absolute Gasteiger partial charge is 0.545 e. The summed E-state index contributed by atoms with van der Waals surface area (Å²) in [6.45, 7) is 0. The number of aromatic carboxylic acids is 1. The van der Waals surface area contributed by atoms with Gasteiger partial charge in [-0.3, -0.25) is 9.67 Å². The number of rotatable bonds is 3. The summed E-state index contributed by atoms with van der Waals surface area (Å²) in [6.07, 6.45) is 0. The molecule has 1 N–H and O–H groups in total. The quantitative estimate of drug-likeness (QED) is 0.751. The first kappa shape index (κ1) is 12.8. The summed E-state index contributed by atoms with van der Waals surface area (Å²) >= 11 is 6.79. The Morgan fingerprint density at radius 2 is 2.05 bits per heavy atom. The molecule has 0 saturated heterocycles. The number of aromatic nitrogens is 3. The minimum Gasteiger partial charge on any atom is -0.545 e. The zero-order chi connectivity index (χ0) is 14.1. The number of carbonyl (C=O) groups is 1. The molecule has 5 nitrogen and oxygen atoms in total. The van der Waals surface area contributed by atoms with E-state index in [4.69, 9.17) is 12.2 Å². The van der Waals surface area contributed by atoms with E-state index >= 15 is 0 Å². The molecule has 0 bridgehead atoms. The van der Waals surface area contributed by atoms with Crippen molar-refractivity contribution < 1.29 is 9.90 Å². The maximum Gasteiger partial charge on any atom is 0.200 e. The van der Waals surface area contributed by atoms with E-state index in [2.05, 4.69) is 10.2 Å². The Morgan fingerprint density at radius 3 is 2.65 bits per heavy atom. The summed E-state index contributed by atoms with van der Waals surface area (Å²) in [5.41, 5.74) is 0.874. The number of benzene rings is 1. The first-order valence-electron chi connectivity index (χ1n) is 5.70. The van der Waals surface area contributed by atoms with Crippen molar-refractivity contribution >= 4 is 29.5 Å². The van der Waals surface area contributed by atoms with Crippen LogP contribution >= 0.6 is 23.6 Å². The fraction of sp³-hybridized carbons (Fsp3) is 0. The minimum atomic E-state index is -1.20. The second-order valence-corrected chi connectivity index (χ2v) is 5.33. The van der Waals surface area contributed by atoms with Gasteiger partial charge in [-0.2, -0.15) is 5.10 Å². The number of hydrogen-bond donors (Lipinski definition) is 1. The van der Waals surface area contributed by atoms with E-state index in [1.165, 1.54) is 12.1 Å². The number of aromatic amines is 1. The Hall–Kier alpha value is -2.25. The van der Waals surface area contributed by atoms with Crippen molar-refractivity contribution in [2.75, 3.05) is 0 Å². The Morgan fingerprint density at radius 1 is 1.30 bits per heavy atom. The molecule has 0 radical (unpaired) electrons. The molecule has 0 spiro atoms. The SMILES string of the molecule is O=C([O-])c1ccc(-n2c(-c3cccs3)n[nH]c2=S)cc1. The van der Waals surface area contributed by atoms with E-state index in [0.29, 0.717) is 10.6 Å². The predicted molar refractivity (Wildman–Crippen MR) is 76.4 cm³/mol. The molecule has 0 saturated carbocycles. The highest BCUT2D eigenvalue weighted by atomic mass is 32.1. The van der Waals surface area contributed by atoms with E-state index in [1.54, 1.807) is 28.0 Å². The zero-order valence-electron chi connectivity index (χ0n) is 10.1. The average Bonchev–Trinajstić information content (AvgIpc) is 3.07. The predicted octanol–water partition coefficient (Wildman–Crippen LogP) is 2.02. The van der Waals surface area contributed by atoms with Crippen LogP contribution in [-0.2, 0) is 0 Å². The van der Waals surface area contributed by atoms with Crippen LogP contribution in [0, 0.1) is 4.77 Å². The summed E-state index contributed by atoms with van der Waals surface area (Å²) in [6, 6.07) is 10.2. The van der Waals surface area contributed by atoms with Crippen LogP contribution in [0.3, 0.4) is 0 Å². The number of thiophene rings is 1. The summed E-state index contributed by atoms with van der Waals surface area (Å²) in [4.78, 5) is 11.7. The highest BCUT2D eigenvalue weighted by molar-refractivity contribution is 7.71. The molecule has 0 amide bonds. The summed E-state index contributed by atoms with van der Waals surface area (Å²) in [5.74, 6) is -0.503. The summed E-state index contributed by atoms with van der Waals surface area (Å²) in [5, 5.41) is 19.7. The van der Waals surface area contributed by atoms with Gasteiger partial charge in [0, 0.05) is 0 Å². The van der Waals surface area contributed by atoms with Crippen molar-refractivity contribution in [2.45, 2.75) is 0 Å². The lowest BCUT2D eigenvalue weighted by Crippen LogP contribution is -2.22. The molecule has 100 valence electrons. The van der Waals surface area contributed by atoms with Gasteiger partial charge in [-0.05, 0) is 41.4 Å². The van der Waals surface area contributed by atoms with Crippen LogP contribution in [0.2, 0.25) is 0 Å². The van der Waals surface area contributed by atoms with E-state index in [0.717, 1.165) is 10.6 Å². The number of carbonyl (C=O) groups excluding carboxylic acids is 1. The van der Waals surface area contributed by atoms with Crippen molar-refractivity contribution in [3.05, 3.63) is 52.1 Å². The number of nitrogens with zero attached hydrogens (tertiary/aromatic N) is 2. The highest BCUT2D eigenvalue weighted by Gasteiger charge is 2.11. The molecule has 1 aromatic carbocycles. The molecule has 2 aromatic heterocycles. The van der Waals surface area contributed by atoms with Gasteiger partial charge in [-0.1, -0.05) is 18.2 Å². The number of carboxylic acid groups (broad SMARTS) is 1. The Bertz CT molecular complexity index is 801. The maximum atomic E-state index is 10.8. The van der Waals surface area contributed by atoms with Crippen molar-refractivity contribution in [3.8, 4) is 16.4 Å². The van der Waals surface area contributed by atoms with E-state index in [-0.39, 0.29) is 5.56 Å². The molecule has 0 atom stereocenters. The van der Waals surface area contributed by atoms with Gasteiger partial charge in [0.25, 0.3) is 0 Å². The van der Waals surface area contributed by atoms with Crippen molar-refractivity contribution in [2.24, 2.45) is 0 Å². The lowest BCUT2D eigenvalue weighted by Gasteiger charge is -2.07. The molecule has 0 fully saturated rings. The fourth-order valence-electron chi connectivity index (χ4n) is 1.85. The molecular formula is C13H8N3O2S2-. The van der Waals surface area contributed by atoms with Crippen LogP contribution in [0.1, 0.15) is 10.4 Å². The average molecular weight is 302 g/mol. The topological polar surface area (TPSA) is 73.7 Å². The molecule has 0 aliphatic heterocycles. The highest BCUT2D eigenvalue weighted by Crippen LogP contribution is 2.25. The minimum absolute atomic E-state index is 0.126.